The molecule has 6 nitrogen and oxygen atoms in total. The van der Waals surface area contributed by atoms with Crippen molar-refractivity contribution in [3.05, 3.63) is 36.5 Å². The van der Waals surface area contributed by atoms with Gasteiger partial charge in [-0.25, -0.2) is 0 Å². The first kappa shape index (κ1) is 78.1. The molecule has 0 aromatic heterocycles. The van der Waals surface area contributed by atoms with Gasteiger partial charge in [-0.1, -0.05) is 339 Å². The van der Waals surface area contributed by atoms with E-state index in [2.05, 4.69) is 43.5 Å². The van der Waals surface area contributed by atoms with Gasteiger partial charge in [-0.05, 0) is 83.5 Å². The minimum Gasteiger partial charge on any atom is -0.466 e. The van der Waals surface area contributed by atoms with E-state index < -0.39 is 12.1 Å². The Hall–Kier alpha value is -1.92. The summed E-state index contributed by atoms with van der Waals surface area (Å²) in [6.45, 7) is 4.93. The quantitative estimate of drug-likeness (QED) is 0.0320. The van der Waals surface area contributed by atoms with Crippen LogP contribution in [0.25, 0.3) is 0 Å². The Bertz CT molecular complexity index is 1300. The largest absolute Gasteiger partial charge is 0.466 e. The third kappa shape index (κ3) is 65.2. The number of ether oxygens (including phenoxy) is 1. The van der Waals surface area contributed by atoms with Gasteiger partial charge in [0.25, 0.3) is 0 Å². The molecule has 0 heterocycles. The molecule has 0 aliphatic heterocycles. The van der Waals surface area contributed by atoms with E-state index >= 15 is 0 Å². The Labute approximate surface area is 500 Å². The van der Waals surface area contributed by atoms with E-state index in [1.54, 1.807) is 6.08 Å². The molecule has 2 atom stereocenters. The summed E-state index contributed by atoms with van der Waals surface area (Å²) >= 11 is 0. The maximum Gasteiger partial charge on any atom is 0.305 e. The molecule has 0 rings (SSSR count). The molecule has 80 heavy (non-hydrogen) atoms. The molecule has 0 spiro atoms. The van der Waals surface area contributed by atoms with Gasteiger partial charge in [-0.15, -0.1) is 0 Å². The highest BCUT2D eigenvalue weighted by Gasteiger charge is 2.18. The molecule has 0 aromatic rings. The molecule has 0 bridgehead atoms. The van der Waals surface area contributed by atoms with Crippen LogP contribution in [0.4, 0.5) is 0 Å². The highest BCUT2D eigenvalue weighted by Crippen LogP contribution is 2.18. The van der Waals surface area contributed by atoms with Crippen LogP contribution in [-0.4, -0.2) is 47.4 Å². The molecule has 0 fully saturated rings. The summed E-state index contributed by atoms with van der Waals surface area (Å²) in [4.78, 5) is 24.6. The number of carbonyl (C=O) groups excluding carboxylic acids is 2. The lowest BCUT2D eigenvalue weighted by atomic mass is 10.0. The van der Waals surface area contributed by atoms with Crippen LogP contribution in [0.1, 0.15) is 399 Å². The monoisotopic (exact) mass is 1120 g/mol. The van der Waals surface area contributed by atoms with Crippen LogP contribution in [0.2, 0.25) is 0 Å². The summed E-state index contributed by atoms with van der Waals surface area (Å²) in [5, 5.41) is 23.2. The van der Waals surface area contributed by atoms with Crippen molar-refractivity contribution in [1.29, 1.82) is 0 Å². The average Bonchev–Trinajstić information content (AvgIpc) is 3.46. The van der Waals surface area contributed by atoms with E-state index in [0.29, 0.717) is 19.4 Å². The van der Waals surface area contributed by atoms with Gasteiger partial charge in [-0.3, -0.25) is 9.59 Å². The van der Waals surface area contributed by atoms with Crippen molar-refractivity contribution in [2.24, 2.45) is 0 Å². The Balaban J connectivity index is 3.41. The standard InChI is InChI=1S/C74H141NO5/c1-3-5-7-9-11-13-15-17-19-21-23-31-34-38-42-46-50-54-58-62-66-72(77)71(70-76)75-73(78)67-63-59-55-51-47-43-39-35-32-29-27-25-24-26-28-30-33-37-41-45-49-53-57-61-65-69-80-74(79)68-64-60-56-52-48-44-40-36-22-20-18-16-14-12-10-8-6-4-2/h20,22,25,27,62,66,71-72,76-77H,3-19,21,23-24,26,28-61,63-65,67-70H2,1-2H3,(H,75,78)/b22-20-,27-25-,66-62+. The number of rotatable bonds is 68. The fourth-order valence-electron chi connectivity index (χ4n) is 11.3. The second-order valence-corrected chi connectivity index (χ2v) is 24.9. The van der Waals surface area contributed by atoms with Crippen LogP contribution >= 0.6 is 0 Å². The first-order valence-corrected chi connectivity index (χ1v) is 36.3. The third-order valence-electron chi connectivity index (χ3n) is 16.9. The number of aliphatic hydroxyl groups excluding tert-OH is 2. The molecular formula is C74H141NO5. The minimum absolute atomic E-state index is 0.0107. The van der Waals surface area contributed by atoms with E-state index in [1.807, 2.05) is 6.08 Å². The van der Waals surface area contributed by atoms with E-state index in [0.717, 1.165) is 44.9 Å². The van der Waals surface area contributed by atoms with E-state index in [9.17, 15) is 19.8 Å². The number of allylic oxidation sites excluding steroid dienone is 5. The first-order chi connectivity index (χ1) is 39.5. The number of amides is 1. The highest BCUT2D eigenvalue weighted by molar-refractivity contribution is 5.76. The Morgan fingerprint density at radius 2 is 0.588 bits per heavy atom. The van der Waals surface area contributed by atoms with E-state index in [-0.39, 0.29) is 18.5 Å². The lowest BCUT2D eigenvalue weighted by molar-refractivity contribution is -0.143. The van der Waals surface area contributed by atoms with Gasteiger partial charge in [0.2, 0.25) is 5.91 Å². The fourth-order valence-corrected chi connectivity index (χ4v) is 11.3. The van der Waals surface area contributed by atoms with Gasteiger partial charge < -0.3 is 20.3 Å². The number of unbranched alkanes of at least 4 members (excludes halogenated alkanes) is 53. The molecule has 1 amide bonds. The predicted molar refractivity (Wildman–Crippen MR) is 352 cm³/mol. The van der Waals surface area contributed by atoms with E-state index in [4.69, 9.17) is 4.74 Å². The smallest absolute Gasteiger partial charge is 0.305 e. The van der Waals surface area contributed by atoms with Crippen molar-refractivity contribution in [1.82, 2.24) is 5.32 Å². The summed E-state index contributed by atoms with van der Waals surface area (Å²) in [6.07, 6.45) is 89.4. The summed E-state index contributed by atoms with van der Waals surface area (Å²) in [6, 6.07) is -0.631. The number of hydrogen-bond donors (Lipinski definition) is 3. The molecule has 0 aromatic carbocycles. The molecule has 472 valence electrons. The topological polar surface area (TPSA) is 95.9 Å². The van der Waals surface area contributed by atoms with Crippen molar-refractivity contribution >= 4 is 11.9 Å². The predicted octanol–water partition coefficient (Wildman–Crippen LogP) is 23.5. The number of aliphatic hydroxyl groups is 2. The summed E-state index contributed by atoms with van der Waals surface area (Å²) in [5.74, 6) is -0.0569. The fraction of sp³-hybridized carbons (Fsp3) is 0.892. The SMILES string of the molecule is CCCCCCCCC/C=C\CCCCCCCCCC(=O)OCCCCCCCCCCCCCC/C=C\CCCCCCCCCCCC(=O)NC(CO)C(O)/C=C/CCCCCCCCCCCCCCCCCCCC. The highest BCUT2D eigenvalue weighted by atomic mass is 16.5. The zero-order valence-corrected chi connectivity index (χ0v) is 54.1. The molecule has 0 aliphatic rings. The maximum atomic E-state index is 12.5. The molecule has 0 radical (unpaired) electrons. The van der Waals surface area contributed by atoms with Gasteiger partial charge in [0.1, 0.15) is 0 Å². The molecule has 6 heteroatoms. The van der Waals surface area contributed by atoms with Crippen molar-refractivity contribution < 1.29 is 24.5 Å². The van der Waals surface area contributed by atoms with Crippen molar-refractivity contribution in [3.63, 3.8) is 0 Å². The van der Waals surface area contributed by atoms with Gasteiger partial charge in [0.15, 0.2) is 0 Å². The normalized spacial score (nSPS) is 12.7. The first-order valence-electron chi connectivity index (χ1n) is 36.3. The van der Waals surface area contributed by atoms with Gasteiger partial charge in [0, 0.05) is 12.8 Å². The van der Waals surface area contributed by atoms with Gasteiger partial charge in [0.05, 0.1) is 25.4 Å². The van der Waals surface area contributed by atoms with Crippen molar-refractivity contribution in [2.75, 3.05) is 13.2 Å². The zero-order valence-electron chi connectivity index (χ0n) is 54.1. The van der Waals surface area contributed by atoms with Gasteiger partial charge in [-0.2, -0.15) is 0 Å². The maximum absolute atomic E-state index is 12.5. The molecule has 0 saturated heterocycles. The Morgan fingerprint density at radius 3 is 0.887 bits per heavy atom. The second kappa shape index (κ2) is 69.6. The second-order valence-electron chi connectivity index (χ2n) is 24.9. The summed E-state index contributed by atoms with van der Waals surface area (Å²) in [5.41, 5.74) is 0. The Morgan fingerprint density at radius 1 is 0.338 bits per heavy atom. The zero-order chi connectivity index (χ0) is 57.8. The lowest BCUT2D eigenvalue weighted by Gasteiger charge is -2.20. The lowest BCUT2D eigenvalue weighted by Crippen LogP contribution is -2.45. The summed E-state index contributed by atoms with van der Waals surface area (Å²) < 4.78 is 5.50. The molecule has 0 aliphatic carbocycles. The van der Waals surface area contributed by atoms with E-state index in [1.165, 1.54) is 327 Å². The molecule has 2 unspecified atom stereocenters. The molecular weight excluding hydrogens is 983 g/mol. The van der Waals surface area contributed by atoms with Crippen molar-refractivity contribution in [2.45, 2.75) is 411 Å². The number of carbonyl (C=O) groups is 2. The van der Waals surface area contributed by atoms with Gasteiger partial charge >= 0.3 is 5.97 Å². The van der Waals surface area contributed by atoms with Crippen molar-refractivity contribution in [3.8, 4) is 0 Å². The molecule has 0 saturated carbocycles. The van der Waals surface area contributed by atoms with Crippen LogP contribution in [0.5, 0.6) is 0 Å². The molecule has 3 N–H and O–H groups in total. The van der Waals surface area contributed by atoms with Crippen LogP contribution in [0, 0.1) is 0 Å². The van der Waals surface area contributed by atoms with Crippen LogP contribution in [0.3, 0.4) is 0 Å². The van der Waals surface area contributed by atoms with Crippen LogP contribution in [0.15, 0.2) is 36.5 Å². The number of hydrogen-bond acceptors (Lipinski definition) is 5. The van der Waals surface area contributed by atoms with Crippen LogP contribution < -0.4 is 5.32 Å². The number of esters is 1. The van der Waals surface area contributed by atoms with Crippen LogP contribution in [-0.2, 0) is 14.3 Å². The average molecular weight is 1120 g/mol. The Kier molecular flexibility index (Phi) is 67.9. The summed E-state index contributed by atoms with van der Waals surface area (Å²) in [7, 11) is 0. The third-order valence-corrected chi connectivity index (χ3v) is 16.9. The minimum atomic E-state index is -0.848. The number of nitrogens with one attached hydrogen (secondary N) is 1.